The van der Waals surface area contributed by atoms with Crippen molar-refractivity contribution >= 4 is 11.6 Å². The van der Waals surface area contributed by atoms with Crippen LogP contribution in [0.2, 0.25) is 0 Å². The summed E-state index contributed by atoms with van der Waals surface area (Å²) in [6, 6.07) is 7.45. The third kappa shape index (κ3) is 3.94. The lowest BCUT2D eigenvalue weighted by Gasteiger charge is -2.29. The van der Waals surface area contributed by atoms with E-state index in [2.05, 4.69) is 10.6 Å². The molecule has 1 aliphatic rings. The molecule has 0 unspecified atom stereocenters. The number of amides is 1. The van der Waals surface area contributed by atoms with E-state index in [-0.39, 0.29) is 18.1 Å². The fraction of sp³-hybridized carbons (Fsp3) is 0.500. The minimum atomic E-state index is -0.250. The first-order valence-electron chi connectivity index (χ1n) is 6.64. The molecule has 0 aliphatic carbocycles. The van der Waals surface area contributed by atoms with E-state index in [4.69, 9.17) is 10.5 Å². The van der Waals surface area contributed by atoms with Gasteiger partial charge in [0.1, 0.15) is 6.04 Å². The summed E-state index contributed by atoms with van der Waals surface area (Å²) in [6.45, 7) is 3.92. The Balaban J connectivity index is 1.75. The smallest absolute Gasteiger partial charge is 0.239 e. The second kappa shape index (κ2) is 6.54. The molecule has 1 aromatic rings. The van der Waals surface area contributed by atoms with Gasteiger partial charge in [-0.05, 0) is 31.0 Å². The summed E-state index contributed by atoms with van der Waals surface area (Å²) in [7, 11) is 0. The molecular formula is C14H21N3O2. The van der Waals surface area contributed by atoms with E-state index in [9.17, 15) is 4.79 Å². The molecule has 1 amide bonds. The van der Waals surface area contributed by atoms with Gasteiger partial charge >= 0.3 is 0 Å². The number of hydrogen-bond donors (Lipinski definition) is 3. The maximum absolute atomic E-state index is 12.0. The van der Waals surface area contributed by atoms with Crippen LogP contribution in [-0.4, -0.2) is 37.7 Å². The Bertz CT molecular complexity index is 419. The average molecular weight is 263 g/mol. The van der Waals surface area contributed by atoms with Crippen LogP contribution in [-0.2, 0) is 16.0 Å². The number of anilines is 1. The Hall–Kier alpha value is -1.59. The Morgan fingerprint density at radius 2 is 2.21 bits per heavy atom. The quantitative estimate of drug-likeness (QED) is 0.683. The Morgan fingerprint density at radius 1 is 1.47 bits per heavy atom. The van der Waals surface area contributed by atoms with Crippen LogP contribution in [0.15, 0.2) is 24.3 Å². The molecular weight excluding hydrogens is 242 g/mol. The van der Waals surface area contributed by atoms with Crippen molar-refractivity contribution in [2.24, 2.45) is 0 Å². The molecule has 4 N–H and O–H groups in total. The van der Waals surface area contributed by atoms with Gasteiger partial charge in [-0.3, -0.25) is 4.79 Å². The highest BCUT2D eigenvalue weighted by atomic mass is 16.5. The number of ether oxygens (including phenoxy) is 1. The van der Waals surface area contributed by atoms with Crippen molar-refractivity contribution < 1.29 is 9.53 Å². The van der Waals surface area contributed by atoms with Gasteiger partial charge in [0.05, 0.1) is 12.7 Å². The fourth-order valence-corrected chi connectivity index (χ4v) is 2.15. The summed E-state index contributed by atoms with van der Waals surface area (Å²) in [5, 5.41) is 6.10. The zero-order chi connectivity index (χ0) is 13.7. The highest BCUT2D eigenvalue weighted by Crippen LogP contribution is 2.06. The van der Waals surface area contributed by atoms with E-state index < -0.39 is 0 Å². The summed E-state index contributed by atoms with van der Waals surface area (Å²) < 4.78 is 5.45. The Kier molecular flexibility index (Phi) is 4.76. The van der Waals surface area contributed by atoms with Crippen molar-refractivity contribution in [3.05, 3.63) is 29.8 Å². The van der Waals surface area contributed by atoms with Crippen molar-refractivity contribution in [2.75, 3.05) is 25.4 Å². The first-order valence-corrected chi connectivity index (χ1v) is 6.64. The number of morpholine rings is 1. The topological polar surface area (TPSA) is 76.4 Å². The zero-order valence-electron chi connectivity index (χ0n) is 11.2. The molecule has 0 spiro atoms. The summed E-state index contributed by atoms with van der Waals surface area (Å²) in [6.07, 6.45) is 0.721. The predicted octanol–water partition coefficient (Wildman–Crippen LogP) is 0.304. The maximum Gasteiger partial charge on any atom is 0.239 e. The average Bonchev–Trinajstić information content (AvgIpc) is 2.41. The molecule has 2 rings (SSSR count). The highest BCUT2D eigenvalue weighted by molar-refractivity contribution is 5.82. The molecule has 0 saturated carbocycles. The first kappa shape index (κ1) is 13.8. The molecule has 1 saturated heterocycles. The van der Waals surface area contributed by atoms with Crippen molar-refractivity contribution in [3.63, 3.8) is 0 Å². The summed E-state index contributed by atoms with van der Waals surface area (Å²) in [4.78, 5) is 12.0. The van der Waals surface area contributed by atoms with Gasteiger partial charge in [0.2, 0.25) is 5.91 Å². The number of carbonyl (C=O) groups is 1. The third-order valence-corrected chi connectivity index (χ3v) is 3.29. The van der Waals surface area contributed by atoms with Crippen molar-refractivity contribution in [1.29, 1.82) is 0 Å². The molecule has 1 aliphatic heterocycles. The van der Waals surface area contributed by atoms with E-state index in [1.54, 1.807) is 0 Å². The van der Waals surface area contributed by atoms with Crippen LogP contribution in [0.3, 0.4) is 0 Å². The van der Waals surface area contributed by atoms with Gasteiger partial charge in [0, 0.05) is 18.8 Å². The lowest BCUT2D eigenvalue weighted by molar-refractivity contribution is -0.128. The number of benzene rings is 1. The molecule has 104 valence electrons. The summed E-state index contributed by atoms with van der Waals surface area (Å²) in [5.74, 6) is 0.00245. The van der Waals surface area contributed by atoms with Gasteiger partial charge in [-0.15, -0.1) is 0 Å². The number of rotatable bonds is 4. The lowest BCUT2D eigenvalue weighted by atomic mass is 10.1. The molecule has 2 atom stereocenters. The van der Waals surface area contributed by atoms with E-state index in [1.165, 1.54) is 0 Å². The second-order valence-corrected chi connectivity index (χ2v) is 4.79. The van der Waals surface area contributed by atoms with Crippen LogP contribution >= 0.6 is 0 Å². The summed E-state index contributed by atoms with van der Waals surface area (Å²) >= 11 is 0. The van der Waals surface area contributed by atoms with Gasteiger partial charge < -0.3 is 21.1 Å². The molecule has 1 heterocycles. The van der Waals surface area contributed by atoms with E-state index in [1.807, 2.05) is 31.2 Å². The normalized spacial score (nSPS) is 23.0. The molecule has 1 fully saturated rings. The number of hydrogen-bond acceptors (Lipinski definition) is 4. The van der Waals surface area contributed by atoms with Gasteiger partial charge in [-0.1, -0.05) is 12.1 Å². The van der Waals surface area contributed by atoms with Crippen LogP contribution < -0.4 is 16.4 Å². The predicted molar refractivity (Wildman–Crippen MR) is 74.8 cm³/mol. The summed E-state index contributed by atoms with van der Waals surface area (Å²) in [5.41, 5.74) is 7.54. The van der Waals surface area contributed by atoms with Crippen LogP contribution in [0, 0.1) is 0 Å². The SMILES string of the molecule is C[C@H]1OCCN[C@@H]1C(=O)NCCc1ccc(N)cc1. The number of nitrogens with two attached hydrogens (primary N) is 1. The van der Waals surface area contributed by atoms with Crippen molar-refractivity contribution in [3.8, 4) is 0 Å². The monoisotopic (exact) mass is 263 g/mol. The molecule has 1 aromatic carbocycles. The molecule has 0 radical (unpaired) electrons. The Labute approximate surface area is 113 Å². The van der Waals surface area contributed by atoms with Gasteiger partial charge in [0.25, 0.3) is 0 Å². The molecule has 19 heavy (non-hydrogen) atoms. The van der Waals surface area contributed by atoms with Crippen LogP contribution in [0.25, 0.3) is 0 Å². The number of carbonyl (C=O) groups excluding carboxylic acids is 1. The highest BCUT2D eigenvalue weighted by Gasteiger charge is 2.27. The minimum Gasteiger partial charge on any atom is -0.399 e. The third-order valence-electron chi connectivity index (χ3n) is 3.29. The molecule has 5 nitrogen and oxygen atoms in total. The van der Waals surface area contributed by atoms with Crippen LogP contribution in [0.5, 0.6) is 0 Å². The zero-order valence-corrected chi connectivity index (χ0v) is 11.2. The van der Waals surface area contributed by atoms with Crippen LogP contribution in [0.4, 0.5) is 5.69 Å². The fourth-order valence-electron chi connectivity index (χ4n) is 2.15. The maximum atomic E-state index is 12.0. The number of nitrogen functional groups attached to an aromatic ring is 1. The van der Waals surface area contributed by atoms with Gasteiger partial charge in [-0.2, -0.15) is 0 Å². The second-order valence-electron chi connectivity index (χ2n) is 4.79. The van der Waals surface area contributed by atoms with E-state index >= 15 is 0 Å². The first-order chi connectivity index (χ1) is 9.16. The van der Waals surface area contributed by atoms with Crippen molar-refractivity contribution in [1.82, 2.24) is 10.6 Å². The minimum absolute atomic E-state index is 0.00245. The number of nitrogens with one attached hydrogen (secondary N) is 2. The van der Waals surface area contributed by atoms with Gasteiger partial charge in [0.15, 0.2) is 0 Å². The molecule has 5 heteroatoms. The molecule has 0 bridgehead atoms. The Morgan fingerprint density at radius 3 is 2.89 bits per heavy atom. The van der Waals surface area contributed by atoms with E-state index in [0.717, 1.165) is 24.2 Å². The van der Waals surface area contributed by atoms with E-state index in [0.29, 0.717) is 13.2 Å². The standard InChI is InChI=1S/C14H21N3O2/c1-10-13(16-8-9-19-10)14(18)17-7-6-11-2-4-12(15)5-3-11/h2-5,10,13,16H,6-9,15H2,1H3,(H,17,18)/t10-,13+/m1/s1. The largest absolute Gasteiger partial charge is 0.399 e. The van der Waals surface area contributed by atoms with Gasteiger partial charge in [-0.25, -0.2) is 0 Å². The van der Waals surface area contributed by atoms with Crippen LogP contribution in [0.1, 0.15) is 12.5 Å². The van der Waals surface area contributed by atoms with Crippen molar-refractivity contribution in [2.45, 2.75) is 25.5 Å². The lowest BCUT2D eigenvalue weighted by Crippen LogP contribution is -2.55. The molecule has 0 aromatic heterocycles.